The monoisotopic (exact) mass is 358 g/mol. The minimum absolute atomic E-state index is 0.0671. The normalized spacial score (nSPS) is 18.5. The number of ether oxygens (including phenoxy) is 1. The summed E-state index contributed by atoms with van der Waals surface area (Å²) in [6, 6.07) is 6.43. The number of rotatable bonds is 4. The Balaban J connectivity index is 2.15. The van der Waals surface area contributed by atoms with Gasteiger partial charge >= 0.3 is 11.9 Å². The van der Waals surface area contributed by atoms with Crippen LogP contribution in [0.4, 0.5) is 0 Å². The van der Waals surface area contributed by atoms with Crippen molar-refractivity contribution in [3.63, 3.8) is 0 Å². The van der Waals surface area contributed by atoms with Crippen molar-refractivity contribution in [3.8, 4) is 23.0 Å². The molecule has 0 saturated heterocycles. The average molecular weight is 358 g/mol. The predicted octanol–water partition coefficient (Wildman–Crippen LogP) is 2.20. The molecular formula is C18H14O8. The molecule has 5 N–H and O–H groups in total. The van der Waals surface area contributed by atoms with E-state index in [1.807, 2.05) is 0 Å². The van der Waals surface area contributed by atoms with Gasteiger partial charge in [-0.1, -0.05) is 12.1 Å². The van der Waals surface area contributed by atoms with Crippen LogP contribution in [0.25, 0.3) is 6.08 Å². The zero-order valence-electron chi connectivity index (χ0n) is 13.2. The molecule has 2 aromatic carbocycles. The number of carboxylic acids is 2. The molecule has 1 heterocycles. The number of phenolic OH excluding ortho intramolecular Hbond substituents is 3. The molecule has 0 amide bonds. The van der Waals surface area contributed by atoms with Crippen LogP contribution in [0.15, 0.2) is 36.4 Å². The lowest BCUT2D eigenvalue weighted by Crippen LogP contribution is -2.18. The zero-order chi connectivity index (χ0) is 19.0. The van der Waals surface area contributed by atoms with Gasteiger partial charge in [0.25, 0.3) is 0 Å². The molecule has 3 rings (SSSR count). The molecule has 26 heavy (non-hydrogen) atoms. The first-order valence-electron chi connectivity index (χ1n) is 7.47. The van der Waals surface area contributed by atoms with Crippen LogP contribution in [-0.2, 0) is 9.59 Å². The molecule has 8 nitrogen and oxygen atoms in total. The molecule has 0 aliphatic carbocycles. The maximum absolute atomic E-state index is 11.9. The van der Waals surface area contributed by atoms with Crippen molar-refractivity contribution in [1.82, 2.24) is 0 Å². The molecule has 2 atom stereocenters. The molecule has 0 saturated carbocycles. The van der Waals surface area contributed by atoms with Crippen LogP contribution in [0.2, 0.25) is 0 Å². The van der Waals surface area contributed by atoms with Gasteiger partial charge in [-0.05, 0) is 35.4 Å². The highest BCUT2D eigenvalue weighted by atomic mass is 16.5. The number of hydrogen-bond acceptors (Lipinski definition) is 6. The highest BCUT2D eigenvalue weighted by molar-refractivity contribution is 5.88. The van der Waals surface area contributed by atoms with Crippen molar-refractivity contribution >= 4 is 18.0 Å². The number of carboxylic acid groups (broad SMARTS) is 2. The first-order chi connectivity index (χ1) is 12.3. The fourth-order valence-corrected chi connectivity index (χ4v) is 2.93. The Morgan fingerprint density at radius 1 is 0.962 bits per heavy atom. The maximum atomic E-state index is 11.9. The number of aliphatic carboxylic acids is 2. The third-order valence-electron chi connectivity index (χ3n) is 4.07. The van der Waals surface area contributed by atoms with Crippen molar-refractivity contribution in [2.45, 2.75) is 12.0 Å². The summed E-state index contributed by atoms with van der Waals surface area (Å²) in [5, 5.41) is 47.7. The lowest BCUT2D eigenvalue weighted by molar-refractivity contribution is -0.140. The van der Waals surface area contributed by atoms with Crippen LogP contribution in [0.1, 0.15) is 28.7 Å². The minimum atomic E-state index is -1.26. The van der Waals surface area contributed by atoms with Crippen molar-refractivity contribution < 1.29 is 39.9 Å². The Bertz CT molecular complexity index is 931. The first-order valence-corrected chi connectivity index (χ1v) is 7.47. The van der Waals surface area contributed by atoms with E-state index in [4.69, 9.17) is 9.84 Å². The Labute approximate surface area is 146 Å². The Morgan fingerprint density at radius 3 is 2.27 bits per heavy atom. The standard InChI is InChI=1S/C18H14O8/c19-10-4-2-9(7-12(10)21)16-15(18(24)25)14-8(3-6-13(22)23)1-5-11(20)17(14)26-16/h1-7,15-16,19-21H,(H,22,23)(H,24,25)/b6-3+/t15-,16-/m1/s1. The van der Waals surface area contributed by atoms with Gasteiger partial charge in [0, 0.05) is 11.6 Å². The van der Waals surface area contributed by atoms with Gasteiger partial charge in [0.1, 0.15) is 12.0 Å². The predicted molar refractivity (Wildman–Crippen MR) is 88.3 cm³/mol. The molecule has 0 aromatic heterocycles. The summed E-state index contributed by atoms with van der Waals surface area (Å²) in [6.07, 6.45) is 0.987. The van der Waals surface area contributed by atoms with Gasteiger partial charge in [-0.3, -0.25) is 4.79 Å². The number of benzene rings is 2. The van der Waals surface area contributed by atoms with Crippen LogP contribution in [0, 0.1) is 0 Å². The minimum Gasteiger partial charge on any atom is -0.504 e. The van der Waals surface area contributed by atoms with E-state index in [1.54, 1.807) is 0 Å². The van der Waals surface area contributed by atoms with Gasteiger partial charge in [-0.25, -0.2) is 4.79 Å². The lowest BCUT2D eigenvalue weighted by atomic mass is 9.88. The van der Waals surface area contributed by atoms with E-state index in [9.17, 15) is 30.0 Å². The third kappa shape index (κ3) is 2.88. The SMILES string of the molecule is O=C(O)/C=C/c1ccc(O)c2c1[C@@H](C(=O)O)[C@@H](c1ccc(O)c(O)c1)O2. The number of carbonyl (C=O) groups is 2. The molecule has 0 unspecified atom stereocenters. The number of phenols is 3. The molecule has 0 fully saturated rings. The molecule has 1 aliphatic heterocycles. The Hall–Kier alpha value is -3.68. The summed E-state index contributed by atoms with van der Waals surface area (Å²) in [5.74, 6) is -4.89. The van der Waals surface area contributed by atoms with Crippen molar-refractivity contribution in [3.05, 3.63) is 53.1 Å². The van der Waals surface area contributed by atoms with Crippen LogP contribution in [0.5, 0.6) is 23.0 Å². The fraction of sp³-hybridized carbons (Fsp3) is 0.111. The second-order valence-electron chi connectivity index (χ2n) is 5.69. The van der Waals surface area contributed by atoms with Crippen LogP contribution in [-0.4, -0.2) is 37.5 Å². The van der Waals surface area contributed by atoms with Gasteiger partial charge in [-0.15, -0.1) is 0 Å². The molecule has 1 aliphatic rings. The molecular weight excluding hydrogens is 344 g/mol. The largest absolute Gasteiger partial charge is 0.504 e. The highest BCUT2D eigenvalue weighted by Crippen LogP contribution is 2.52. The van der Waals surface area contributed by atoms with Crippen molar-refractivity contribution in [2.75, 3.05) is 0 Å². The number of aromatic hydroxyl groups is 3. The summed E-state index contributed by atoms with van der Waals surface area (Å²) in [7, 11) is 0. The molecule has 2 aromatic rings. The summed E-state index contributed by atoms with van der Waals surface area (Å²) >= 11 is 0. The first kappa shape index (κ1) is 17.2. The van der Waals surface area contributed by atoms with E-state index in [1.165, 1.54) is 36.4 Å². The van der Waals surface area contributed by atoms with Crippen LogP contribution >= 0.6 is 0 Å². The van der Waals surface area contributed by atoms with Crippen molar-refractivity contribution in [2.24, 2.45) is 0 Å². The van der Waals surface area contributed by atoms with Gasteiger partial charge in [-0.2, -0.15) is 0 Å². The van der Waals surface area contributed by atoms with E-state index >= 15 is 0 Å². The van der Waals surface area contributed by atoms with Crippen LogP contribution in [0.3, 0.4) is 0 Å². The zero-order valence-corrected chi connectivity index (χ0v) is 13.2. The summed E-state index contributed by atoms with van der Waals surface area (Å²) < 4.78 is 5.64. The van der Waals surface area contributed by atoms with E-state index in [0.717, 1.165) is 6.08 Å². The van der Waals surface area contributed by atoms with E-state index in [0.29, 0.717) is 0 Å². The van der Waals surface area contributed by atoms with Crippen molar-refractivity contribution in [1.29, 1.82) is 0 Å². The Morgan fingerprint density at radius 2 is 1.65 bits per heavy atom. The molecule has 0 bridgehead atoms. The third-order valence-corrected chi connectivity index (χ3v) is 4.07. The lowest BCUT2D eigenvalue weighted by Gasteiger charge is -2.17. The van der Waals surface area contributed by atoms with E-state index < -0.39 is 29.7 Å². The second-order valence-corrected chi connectivity index (χ2v) is 5.69. The quantitative estimate of drug-likeness (QED) is 0.413. The summed E-state index contributed by atoms with van der Waals surface area (Å²) in [6.45, 7) is 0. The molecule has 8 heteroatoms. The van der Waals surface area contributed by atoms with Crippen LogP contribution < -0.4 is 4.74 Å². The summed E-state index contributed by atoms with van der Waals surface area (Å²) in [5.41, 5.74) is 0.683. The second kappa shape index (κ2) is 6.32. The molecule has 134 valence electrons. The van der Waals surface area contributed by atoms with E-state index in [-0.39, 0.29) is 33.9 Å². The topological polar surface area (TPSA) is 145 Å². The Kier molecular flexibility index (Phi) is 4.17. The maximum Gasteiger partial charge on any atom is 0.328 e. The smallest absolute Gasteiger partial charge is 0.328 e. The van der Waals surface area contributed by atoms with Gasteiger partial charge in [0.05, 0.1) is 0 Å². The van der Waals surface area contributed by atoms with Gasteiger partial charge < -0.3 is 30.3 Å². The number of fused-ring (bicyclic) bond motifs is 1. The molecule has 0 spiro atoms. The highest BCUT2D eigenvalue weighted by Gasteiger charge is 2.43. The van der Waals surface area contributed by atoms with Gasteiger partial charge in [0.15, 0.2) is 23.0 Å². The average Bonchev–Trinajstić information content (AvgIpc) is 2.98. The number of hydrogen-bond donors (Lipinski definition) is 5. The fourth-order valence-electron chi connectivity index (χ4n) is 2.93. The van der Waals surface area contributed by atoms with Gasteiger partial charge in [0.2, 0.25) is 0 Å². The summed E-state index contributed by atoms with van der Waals surface area (Å²) in [4.78, 5) is 22.7. The molecule has 0 radical (unpaired) electrons. The van der Waals surface area contributed by atoms with E-state index in [2.05, 4.69) is 0 Å².